The van der Waals surface area contributed by atoms with Crippen LogP contribution in [0.5, 0.6) is 0 Å². The van der Waals surface area contributed by atoms with Gasteiger partial charge in [0.15, 0.2) is 17.4 Å². The number of nitrogens with zero attached hydrogens (tertiary/aromatic N) is 2. The Kier molecular flexibility index (Phi) is 23.3. The molecule has 0 aliphatic rings. The van der Waals surface area contributed by atoms with E-state index in [2.05, 4.69) is 46.2 Å². The maximum atomic E-state index is 9.00. The van der Waals surface area contributed by atoms with E-state index in [1.807, 2.05) is 7.05 Å². The lowest BCUT2D eigenvalue weighted by atomic mass is 10.3. The van der Waals surface area contributed by atoms with E-state index < -0.39 is 6.03 Å². The minimum atomic E-state index is -0.833. The number of carbonyl (C=O) groups excluding carboxylic acids is 1. The lowest BCUT2D eigenvalue weighted by molar-refractivity contribution is -0.696. The largest absolute Gasteiger partial charge is 1.00 e. The van der Waals surface area contributed by atoms with Crippen LogP contribution in [0.2, 0.25) is 0 Å². The Morgan fingerprint density at radius 2 is 1.88 bits per heavy atom. The number of unbranched alkanes of at least 4 members (excludes halogenated alkanes) is 1. The van der Waals surface area contributed by atoms with Crippen LogP contribution in [0.1, 0.15) is 19.8 Å². The van der Waals surface area contributed by atoms with Crippen LogP contribution in [0.15, 0.2) is 18.7 Å². The number of carbonyl (C=O) groups is 1. The molecule has 0 aliphatic carbocycles. The summed E-state index contributed by atoms with van der Waals surface area (Å²) in [7, 11) is 2.04. The fourth-order valence-corrected chi connectivity index (χ4v) is 0.975. The van der Waals surface area contributed by atoms with E-state index in [4.69, 9.17) is 4.79 Å². The van der Waals surface area contributed by atoms with Gasteiger partial charge in [-0.2, -0.15) is 0 Å². The molecule has 5 nitrogen and oxygen atoms in total. The predicted molar refractivity (Wildman–Crippen MR) is 71.5 cm³/mol. The van der Waals surface area contributed by atoms with Crippen LogP contribution >= 0.6 is 12.4 Å². The van der Waals surface area contributed by atoms with E-state index in [0.29, 0.717) is 0 Å². The summed E-state index contributed by atoms with van der Waals surface area (Å²) in [5.74, 6) is 0. The molecule has 1 aromatic rings. The van der Waals surface area contributed by atoms with Crippen LogP contribution in [0.4, 0.5) is 4.79 Å². The number of nitrogens with two attached hydrogens (primary N) is 2. The number of aromatic nitrogens is 2. The standard InChI is InChI=1S/C8H15N2.CH4N2O.Al.2ClH.3H/c1-3-4-5-10-7-6-9(2)8-10;2-1(3)4;;;;;;/h6-8H,3-5H2,1-2H3;(H4,2,3,4);;2*1H;;;/q+1;;;;;;;/p-1. The third-order valence-corrected chi connectivity index (χ3v) is 1.59. The Morgan fingerprint density at radius 3 is 2.18 bits per heavy atom. The zero-order valence-electron chi connectivity index (χ0n) is 9.60. The lowest BCUT2D eigenvalue weighted by Crippen LogP contribution is -3.00. The van der Waals surface area contributed by atoms with Gasteiger partial charge in [-0.1, -0.05) is 13.3 Å². The van der Waals surface area contributed by atoms with E-state index in [0.717, 1.165) is 6.54 Å². The van der Waals surface area contributed by atoms with Gasteiger partial charge in [-0.25, -0.2) is 13.9 Å². The molecule has 0 bridgehead atoms. The second-order valence-electron chi connectivity index (χ2n) is 3.07. The first-order valence-electron chi connectivity index (χ1n) is 4.62. The van der Waals surface area contributed by atoms with Gasteiger partial charge >= 0.3 is 6.03 Å². The van der Waals surface area contributed by atoms with Gasteiger partial charge in [0.2, 0.25) is 6.33 Å². The monoisotopic (exact) mass is 300 g/mol. The smallest absolute Gasteiger partial charge is 0.309 e. The van der Waals surface area contributed by atoms with Gasteiger partial charge in [0, 0.05) is 0 Å². The molecule has 0 saturated heterocycles. The minimum absolute atomic E-state index is 0. The van der Waals surface area contributed by atoms with Crippen molar-refractivity contribution in [3.8, 4) is 0 Å². The lowest BCUT2D eigenvalue weighted by Gasteiger charge is -1.90. The van der Waals surface area contributed by atoms with Crippen LogP contribution in [0.25, 0.3) is 0 Å². The van der Waals surface area contributed by atoms with Crippen molar-refractivity contribution >= 4 is 35.8 Å². The first-order valence-corrected chi connectivity index (χ1v) is 4.62. The van der Waals surface area contributed by atoms with Gasteiger partial charge in [0.1, 0.15) is 12.4 Å². The molecule has 102 valence electrons. The van der Waals surface area contributed by atoms with E-state index in [1.54, 1.807) is 0 Å². The zero-order chi connectivity index (χ0) is 11.0. The van der Waals surface area contributed by atoms with Gasteiger partial charge in [-0.05, 0) is 6.42 Å². The zero-order valence-corrected chi connectivity index (χ0v) is 11.2. The number of urea groups is 1. The Hall–Kier alpha value is -0.408. The molecule has 0 atom stereocenters. The number of primary amides is 2. The average Bonchev–Trinajstić information content (AvgIpc) is 2.47. The number of amides is 2. The van der Waals surface area contributed by atoms with E-state index >= 15 is 0 Å². The fraction of sp³-hybridized carbons (Fsp3) is 0.556. The molecule has 17 heavy (non-hydrogen) atoms. The summed E-state index contributed by atoms with van der Waals surface area (Å²) in [5.41, 5.74) is 8.50. The first kappa shape index (κ1) is 25.4. The number of halogens is 2. The van der Waals surface area contributed by atoms with Gasteiger partial charge in [-0.15, -0.1) is 12.4 Å². The van der Waals surface area contributed by atoms with E-state index in [-0.39, 0.29) is 42.2 Å². The van der Waals surface area contributed by atoms with Crippen molar-refractivity contribution in [3.05, 3.63) is 18.7 Å². The number of hydrogen-bond donors (Lipinski definition) is 2. The van der Waals surface area contributed by atoms with Gasteiger partial charge in [0.05, 0.1) is 13.6 Å². The molecule has 2 amide bonds. The molecule has 1 rings (SSSR count). The molecule has 1 aromatic heterocycles. The molecular formula is C9H23AlCl2N4O. The SMILES string of the molecule is CCCC[n+]1ccn(C)c1.Cl.NC(N)=O.[AlH3].[Cl-]. The maximum absolute atomic E-state index is 9.00. The third-order valence-electron chi connectivity index (χ3n) is 1.59. The number of aryl methyl sites for hydroxylation is 2. The topological polar surface area (TPSA) is 77.9 Å². The summed E-state index contributed by atoms with van der Waals surface area (Å²) in [6.07, 6.45) is 8.82. The molecule has 0 saturated carbocycles. The molecule has 0 unspecified atom stereocenters. The summed E-state index contributed by atoms with van der Waals surface area (Å²) in [6.45, 7) is 3.36. The maximum Gasteiger partial charge on any atom is 0.309 e. The van der Waals surface area contributed by atoms with Crippen molar-refractivity contribution in [3.63, 3.8) is 0 Å². The van der Waals surface area contributed by atoms with Crippen molar-refractivity contribution in [2.75, 3.05) is 0 Å². The number of hydrogen-bond acceptors (Lipinski definition) is 1. The summed E-state index contributed by atoms with van der Waals surface area (Å²) in [6, 6.07) is -0.833. The van der Waals surface area contributed by atoms with Gasteiger partial charge in [-0.3, -0.25) is 0 Å². The van der Waals surface area contributed by atoms with Crippen molar-refractivity contribution in [2.24, 2.45) is 18.5 Å². The number of rotatable bonds is 3. The molecule has 0 radical (unpaired) electrons. The van der Waals surface area contributed by atoms with Crippen molar-refractivity contribution < 1.29 is 21.8 Å². The highest BCUT2D eigenvalue weighted by Gasteiger charge is 1.96. The van der Waals surface area contributed by atoms with Crippen LogP contribution in [0, 0.1) is 0 Å². The summed E-state index contributed by atoms with van der Waals surface area (Å²) in [5, 5.41) is 0. The Labute approximate surface area is 125 Å². The van der Waals surface area contributed by atoms with Crippen LogP contribution in [0.3, 0.4) is 0 Å². The first-order chi connectivity index (χ1) is 6.56. The molecule has 0 aliphatic heterocycles. The molecule has 1 heterocycles. The van der Waals surface area contributed by atoms with Gasteiger partial charge < -0.3 is 23.9 Å². The van der Waals surface area contributed by atoms with E-state index in [1.165, 1.54) is 12.8 Å². The Balaban J connectivity index is -0.000000108. The summed E-state index contributed by atoms with van der Waals surface area (Å²) in [4.78, 5) is 9.00. The molecule has 0 aromatic carbocycles. The molecule has 4 N–H and O–H groups in total. The fourth-order valence-electron chi connectivity index (χ4n) is 0.975. The van der Waals surface area contributed by atoms with E-state index in [9.17, 15) is 0 Å². The molecule has 0 fully saturated rings. The number of imidazole rings is 1. The summed E-state index contributed by atoms with van der Waals surface area (Å²) >= 11 is 0. The molecular weight excluding hydrogens is 278 g/mol. The van der Waals surface area contributed by atoms with Crippen LogP contribution in [-0.2, 0) is 13.6 Å². The highest BCUT2D eigenvalue weighted by atomic mass is 35.5. The Morgan fingerprint density at radius 1 is 1.41 bits per heavy atom. The second-order valence-corrected chi connectivity index (χ2v) is 3.07. The third kappa shape index (κ3) is 18.2. The van der Waals surface area contributed by atoms with Gasteiger partial charge in [0.25, 0.3) is 0 Å². The quantitative estimate of drug-likeness (QED) is 0.439. The van der Waals surface area contributed by atoms with Crippen molar-refractivity contribution in [1.82, 2.24) is 4.57 Å². The molecule has 8 heteroatoms. The van der Waals surface area contributed by atoms with Crippen molar-refractivity contribution in [1.29, 1.82) is 0 Å². The normalized spacial score (nSPS) is 7.41. The average molecular weight is 301 g/mol. The molecule has 0 spiro atoms. The summed E-state index contributed by atoms with van der Waals surface area (Å²) < 4.78 is 4.28. The minimum Gasteiger partial charge on any atom is -1.00 e. The van der Waals surface area contributed by atoms with Crippen LogP contribution in [-0.4, -0.2) is 28.0 Å². The van der Waals surface area contributed by atoms with Crippen molar-refractivity contribution in [2.45, 2.75) is 26.3 Å². The highest BCUT2D eigenvalue weighted by Crippen LogP contribution is 1.85. The highest BCUT2D eigenvalue weighted by molar-refractivity contribution is 5.85. The second kappa shape index (κ2) is 15.6. The van der Waals surface area contributed by atoms with Crippen LogP contribution < -0.4 is 28.4 Å². The Bertz CT molecular complexity index is 280. The predicted octanol–water partition coefficient (Wildman–Crippen LogP) is -3.62.